The van der Waals surface area contributed by atoms with E-state index < -0.39 is 5.41 Å². The lowest BCUT2D eigenvalue weighted by Gasteiger charge is -2.49. The van der Waals surface area contributed by atoms with Gasteiger partial charge in [-0.05, 0) is 24.5 Å². The quantitative estimate of drug-likeness (QED) is 0.784. The van der Waals surface area contributed by atoms with E-state index in [1.165, 1.54) is 11.5 Å². The molecule has 0 spiro atoms. The highest BCUT2D eigenvalue weighted by Crippen LogP contribution is 2.46. The number of thioether (sulfide) groups is 1. The Morgan fingerprint density at radius 2 is 1.91 bits per heavy atom. The zero-order chi connectivity index (χ0) is 15.2. The van der Waals surface area contributed by atoms with Gasteiger partial charge in [0.1, 0.15) is 6.07 Å². The van der Waals surface area contributed by atoms with Crippen molar-refractivity contribution in [2.24, 2.45) is 0 Å². The monoisotopic (exact) mass is 308 g/mol. The molecular formula is C17H16N4S. The molecule has 4 rings (SSSR count). The number of hydrogen-bond acceptors (Lipinski definition) is 5. The van der Waals surface area contributed by atoms with Crippen molar-refractivity contribution in [1.29, 1.82) is 10.5 Å². The van der Waals surface area contributed by atoms with Gasteiger partial charge in [-0.25, -0.2) is 0 Å². The van der Waals surface area contributed by atoms with Gasteiger partial charge in [-0.3, -0.25) is 9.88 Å². The zero-order valence-corrected chi connectivity index (χ0v) is 13.0. The molecule has 2 saturated heterocycles. The van der Waals surface area contributed by atoms with Crippen LogP contribution in [0, 0.1) is 22.7 Å². The van der Waals surface area contributed by atoms with E-state index >= 15 is 0 Å². The van der Waals surface area contributed by atoms with Gasteiger partial charge in [0.05, 0.1) is 17.0 Å². The molecule has 3 atom stereocenters. The van der Waals surface area contributed by atoms with Crippen LogP contribution in [0.5, 0.6) is 0 Å². The number of pyridine rings is 1. The third-order valence-electron chi connectivity index (χ3n) is 5.11. The molecule has 1 aromatic rings. The Bertz CT molecular complexity index is 694. The van der Waals surface area contributed by atoms with Gasteiger partial charge in [0.25, 0.3) is 0 Å². The van der Waals surface area contributed by atoms with E-state index in [4.69, 9.17) is 5.26 Å². The summed E-state index contributed by atoms with van der Waals surface area (Å²) in [5.74, 6) is 2.42. The topological polar surface area (TPSA) is 63.7 Å². The van der Waals surface area contributed by atoms with Crippen LogP contribution in [0.1, 0.15) is 24.0 Å². The largest absolute Gasteiger partial charge is 0.286 e. The van der Waals surface area contributed by atoms with Gasteiger partial charge in [-0.15, -0.1) is 0 Å². The lowest BCUT2D eigenvalue weighted by atomic mass is 9.70. The average Bonchev–Trinajstić information content (AvgIpc) is 2.77. The fourth-order valence-corrected chi connectivity index (χ4v) is 4.73. The predicted molar refractivity (Wildman–Crippen MR) is 85.1 cm³/mol. The van der Waals surface area contributed by atoms with E-state index in [2.05, 4.69) is 34.2 Å². The minimum Gasteiger partial charge on any atom is -0.286 e. The van der Waals surface area contributed by atoms with Crippen molar-refractivity contribution in [2.45, 2.75) is 36.4 Å². The Hall–Kier alpha value is -1.82. The summed E-state index contributed by atoms with van der Waals surface area (Å²) in [6.07, 6.45) is 9.46. The molecule has 4 nitrogen and oxygen atoms in total. The number of nitriles is 2. The van der Waals surface area contributed by atoms with Crippen molar-refractivity contribution in [3.63, 3.8) is 0 Å². The molecule has 0 saturated carbocycles. The van der Waals surface area contributed by atoms with Gasteiger partial charge in [-0.2, -0.15) is 22.3 Å². The molecule has 4 heterocycles. The summed E-state index contributed by atoms with van der Waals surface area (Å²) in [5, 5.41) is 19.0. The third kappa shape index (κ3) is 1.97. The lowest BCUT2D eigenvalue weighted by Crippen LogP contribution is -2.57. The summed E-state index contributed by atoms with van der Waals surface area (Å²) in [7, 11) is 0. The highest BCUT2D eigenvalue weighted by molar-refractivity contribution is 8.00. The Morgan fingerprint density at radius 3 is 2.45 bits per heavy atom. The number of nitrogens with zero attached hydrogens (tertiary/aromatic N) is 4. The smallest absolute Gasteiger partial charge is 0.101 e. The van der Waals surface area contributed by atoms with Crippen LogP contribution in [0.3, 0.4) is 0 Å². The molecule has 22 heavy (non-hydrogen) atoms. The van der Waals surface area contributed by atoms with Gasteiger partial charge >= 0.3 is 0 Å². The maximum Gasteiger partial charge on any atom is 0.101 e. The Kier molecular flexibility index (Phi) is 3.22. The van der Waals surface area contributed by atoms with Gasteiger partial charge in [0, 0.05) is 42.0 Å². The van der Waals surface area contributed by atoms with Crippen molar-refractivity contribution in [2.75, 3.05) is 11.5 Å². The number of rotatable bonds is 2. The first-order valence-electron chi connectivity index (χ1n) is 7.56. The van der Waals surface area contributed by atoms with Crippen LogP contribution in [-0.2, 0) is 5.41 Å². The van der Waals surface area contributed by atoms with Crippen molar-refractivity contribution in [1.82, 2.24) is 9.88 Å². The van der Waals surface area contributed by atoms with Crippen LogP contribution in [0.2, 0.25) is 0 Å². The fourth-order valence-electron chi connectivity index (χ4n) is 3.94. The highest BCUT2D eigenvalue weighted by Gasteiger charge is 2.50. The summed E-state index contributed by atoms with van der Waals surface area (Å²) in [4.78, 5) is 6.76. The van der Waals surface area contributed by atoms with Crippen LogP contribution in [0.4, 0.5) is 0 Å². The molecule has 2 bridgehead atoms. The summed E-state index contributed by atoms with van der Waals surface area (Å²) < 4.78 is 0. The summed E-state index contributed by atoms with van der Waals surface area (Å²) in [5.41, 5.74) is 0.909. The van der Waals surface area contributed by atoms with E-state index in [0.29, 0.717) is 23.7 Å². The standard InChI is InChI=1S/C17H16N4S/c18-6-12-3-13(8-20-7-12)17(11-19)4-14-1-2-15(5-17)21(14)16-9-22-10-16/h1-3,7-8,14-16H,4-5,9-10H2/t14-,15+,17-. The van der Waals surface area contributed by atoms with Crippen molar-refractivity contribution in [3.05, 3.63) is 41.7 Å². The second-order valence-electron chi connectivity index (χ2n) is 6.33. The van der Waals surface area contributed by atoms with Gasteiger partial charge in [0.2, 0.25) is 0 Å². The first-order valence-corrected chi connectivity index (χ1v) is 8.72. The number of hydrogen-bond donors (Lipinski definition) is 0. The number of piperidine rings is 1. The van der Waals surface area contributed by atoms with Crippen molar-refractivity contribution >= 4 is 11.8 Å². The molecule has 0 amide bonds. The second-order valence-corrected chi connectivity index (χ2v) is 7.41. The highest BCUT2D eigenvalue weighted by atomic mass is 32.2. The Balaban J connectivity index is 1.67. The van der Waals surface area contributed by atoms with E-state index in [1.807, 2.05) is 17.8 Å². The normalized spacial score (nSPS) is 33.9. The van der Waals surface area contributed by atoms with E-state index in [1.54, 1.807) is 12.4 Å². The average molecular weight is 308 g/mol. The van der Waals surface area contributed by atoms with E-state index in [-0.39, 0.29) is 0 Å². The first-order chi connectivity index (χ1) is 10.8. The zero-order valence-electron chi connectivity index (χ0n) is 12.1. The molecule has 2 fully saturated rings. The molecule has 110 valence electrons. The Labute approximate surface area is 134 Å². The van der Waals surface area contributed by atoms with Crippen LogP contribution in [-0.4, -0.2) is 39.5 Å². The fraction of sp³-hybridized carbons (Fsp3) is 0.471. The van der Waals surface area contributed by atoms with Gasteiger partial charge < -0.3 is 0 Å². The molecule has 0 aromatic carbocycles. The van der Waals surface area contributed by atoms with E-state index in [9.17, 15) is 5.26 Å². The van der Waals surface area contributed by atoms with E-state index in [0.717, 1.165) is 18.4 Å². The molecule has 1 aromatic heterocycles. The second kappa shape index (κ2) is 5.12. The third-order valence-corrected chi connectivity index (χ3v) is 6.35. The summed E-state index contributed by atoms with van der Waals surface area (Å²) in [6, 6.07) is 7.88. The molecule has 0 radical (unpaired) electrons. The predicted octanol–water partition coefficient (Wildman–Crippen LogP) is 2.23. The minimum absolute atomic E-state index is 0.343. The van der Waals surface area contributed by atoms with Gasteiger partial charge in [-0.1, -0.05) is 12.2 Å². The lowest BCUT2D eigenvalue weighted by molar-refractivity contribution is 0.0868. The molecule has 3 aliphatic heterocycles. The molecule has 5 heteroatoms. The summed E-state index contributed by atoms with van der Waals surface area (Å²) >= 11 is 2.00. The van der Waals surface area contributed by atoms with Crippen molar-refractivity contribution < 1.29 is 0 Å². The Morgan fingerprint density at radius 1 is 1.18 bits per heavy atom. The van der Waals surface area contributed by atoms with Crippen LogP contribution < -0.4 is 0 Å². The maximum atomic E-state index is 9.91. The molecule has 3 aliphatic rings. The van der Waals surface area contributed by atoms with Crippen molar-refractivity contribution in [3.8, 4) is 12.1 Å². The maximum absolute atomic E-state index is 9.91. The minimum atomic E-state index is -0.522. The van der Waals surface area contributed by atoms with Crippen LogP contribution in [0.15, 0.2) is 30.6 Å². The molecule has 0 aliphatic carbocycles. The first kappa shape index (κ1) is 13.8. The molecule has 0 N–H and O–H groups in total. The van der Waals surface area contributed by atoms with Gasteiger partial charge in [0.15, 0.2) is 0 Å². The number of aromatic nitrogens is 1. The summed E-state index contributed by atoms with van der Waals surface area (Å²) in [6.45, 7) is 0. The van der Waals surface area contributed by atoms with Crippen LogP contribution >= 0.6 is 11.8 Å². The van der Waals surface area contributed by atoms with Crippen LogP contribution in [0.25, 0.3) is 0 Å². The SMILES string of the molecule is N#Cc1cncc([C@]2(C#N)C[C@H]3C=C[C@@H](C2)N3C2CSC2)c1. The molecule has 0 unspecified atom stereocenters. The molecular weight excluding hydrogens is 292 g/mol. The number of fused-ring (bicyclic) bond motifs is 2.